The molecule has 0 aliphatic carbocycles. The number of sulfonamides is 1. The molecule has 2 aromatic rings. The monoisotopic (exact) mass is 505 g/mol. The summed E-state index contributed by atoms with van der Waals surface area (Å²) in [6, 6.07) is 8.60. The van der Waals surface area contributed by atoms with Crippen molar-refractivity contribution in [3.8, 4) is 0 Å². The Morgan fingerprint density at radius 2 is 1.79 bits per heavy atom. The fraction of sp³-hybridized carbons (Fsp3) is 0.391. The fourth-order valence-corrected chi connectivity index (χ4v) is 5.83. The first-order valence-corrected chi connectivity index (χ1v) is 13.2. The highest BCUT2D eigenvalue weighted by atomic mass is 32.2. The van der Waals surface area contributed by atoms with Gasteiger partial charge in [0.05, 0.1) is 29.7 Å². The zero-order valence-corrected chi connectivity index (χ0v) is 20.6. The summed E-state index contributed by atoms with van der Waals surface area (Å²) in [6.07, 6.45) is 0. The standard InChI is InChI=1S/C23H27N3O6S2/c1-24(2)34(30,31)17-7-5-16(6-8-17)21(27)19-20(18-4-3-15-33-18)26(23(29)22(19)28)10-9-25-11-13-32-14-12-25/h3-8,15,20,27H,9-14H2,1-2H3. The van der Waals surface area contributed by atoms with Crippen LogP contribution in [0.25, 0.3) is 5.76 Å². The molecule has 2 fully saturated rings. The number of carbonyl (C=O) groups is 2. The Morgan fingerprint density at radius 3 is 2.38 bits per heavy atom. The van der Waals surface area contributed by atoms with Crippen LogP contribution in [0.3, 0.4) is 0 Å². The lowest BCUT2D eigenvalue weighted by Crippen LogP contribution is -2.42. The highest BCUT2D eigenvalue weighted by Crippen LogP contribution is 2.41. The van der Waals surface area contributed by atoms with E-state index in [1.165, 1.54) is 54.6 Å². The minimum Gasteiger partial charge on any atom is -0.507 e. The van der Waals surface area contributed by atoms with Crippen LogP contribution >= 0.6 is 11.3 Å². The summed E-state index contributed by atoms with van der Waals surface area (Å²) in [5, 5.41) is 13.0. The Bertz CT molecular complexity index is 1180. The van der Waals surface area contributed by atoms with Gasteiger partial charge in [0, 0.05) is 50.7 Å². The topological polar surface area (TPSA) is 107 Å². The zero-order valence-electron chi connectivity index (χ0n) is 19.0. The van der Waals surface area contributed by atoms with Gasteiger partial charge in [0.15, 0.2) is 0 Å². The largest absolute Gasteiger partial charge is 0.507 e. The molecule has 2 aliphatic heterocycles. The van der Waals surface area contributed by atoms with Gasteiger partial charge < -0.3 is 14.7 Å². The van der Waals surface area contributed by atoms with Crippen LogP contribution in [-0.2, 0) is 24.3 Å². The molecule has 182 valence electrons. The number of likely N-dealkylation sites (tertiary alicyclic amines) is 1. The van der Waals surface area contributed by atoms with Crippen LogP contribution in [0.15, 0.2) is 52.2 Å². The number of amides is 1. The van der Waals surface area contributed by atoms with Crippen molar-refractivity contribution >= 4 is 38.8 Å². The summed E-state index contributed by atoms with van der Waals surface area (Å²) in [4.78, 5) is 30.6. The molecule has 0 saturated carbocycles. The van der Waals surface area contributed by atoms with Gasteiger partial charge in [-0.3, -0.25) is 14.5 Å². The van der Waals surface area contributed by atoms with Gasteiger partial charge in [-0.15, -0.1) is 11.3 Å². The molecular formula is C23H27N3O6S2. The summed E-state index contributed by atoms with van der Waals surface area (Å²) in [6.45, 7) is 3.71. The molecule has 2 saturated heterocycles. The van der Waals surface area contributed by atoms with Crippen LogP contribution in [0.4, 0.5) is 0 Å². The number of aliphatic hydroxyl groups excluding tert-OH is 1. The molecule has 9 nitrogen and oxygen atoms in total. The van der Waals surface area contributed by atoms with E-state index in [0.29, 0.717) is 26.3 Å². The third kappa shape index (κ3) is 4.66. The highest BCUT2D eigenvalue weighted by Gasteiger charge is 2.46. The maximum absolute atomic E-state index is 13.1. The van der Waals surface area contributed by atoms with Gasteiger partial charge in [0.25, 0.3) is 11.7 Å². The number of hydrogen-bond acceptors (Lipinski definition) is 8. The van der Waals surface area contributed by atoms with Crippen molar-refractivity contribution in [1.29, 1.82) is 0 Å². The number of thiophene rings is 1. The predicted octanol–water partition coefficient (Wildman–Crippen LogP) is 1.75. The summed E-state index contributed by atoms with van der Waals surface area (Å²) in [5.41, 5.74) is 0.281. The predicted molar refractivity (Wildman–Crippen MR) is 128 cm³/mol. The Labute approximate surface area is 202 Å². The highest BCUT2D eigenvalue weighted by molar-refractivity contribution is 7.89. The van der Waals surface area contributed by atoms with Crippen molar-refractivity contribution in [3.05, 3.63) is 57.8 Å². The van der Waals surface area contributed by atoms with E-state index >= 15 is 0 Å². The van der Waals surface area contributed by atoms with E-state index < -0.39 is 27.8 Å². The number of ketones is 1. The molecule has 0 radical (unpaired) electrons. The molecule has 0 spiro atoms. The number of Topliss-reactive ketones (excluding diaryl/α,β-unsaturated/α-hetero) is 1. The van der Waals surface area contributed by atoms with E-state index in [-0.39, 0.29) is 21.8 Å². The summed E-state index contributed by atoms with van der Waals surface area (Å²) in [7, 11) is -0.770. The minimum atomic E-state index is -3.64. The molecule has 3 heterocycles. The fourth-order valence-electron chi connectivity index (χ4n) is 4.08. The normalized spacial score (nSPS) is 21.5. The molecular weight excluding hydrogens is 478 g/mol. The maximum Gasteiger partial charge on any atom is 0.295 e. The molecule has 1 unspecified atom stereocenters. The van der Waals surface area contributed by atoms with Crippen molar-refractivity contribution in [1.82, 2.24) is 14.1 Å². The van der Waals surface area contributed by atoms with E-state index in [0.717, 1.165) is 22.3 Å². The summed E-state index contributed by atoms with van der Waals surface area (Å²) in [5.74, 6) is -1.72. The number of nitrogens with zero attached hydrogens (tertiary/aromatic N) is 3. The van der Waals surface area contributed by atoms with Crippen LogP contribution in [0.5, 0.6) is 0 Å². The molecule has 11 heteroatoms. The molecule has 1 amide bonds. The Morgan fingerprint density at radius 1 is 1.12 bits per heavy atom. The molecule has 34 heavy (non-hydrogen) atoms. The number of rotatable bonds is 7. The summed E-state index contributed by atoms with van der Waals surface area (Å²) >= 11 is 1.40. The second-order valence-electron chi connectivity index (χ2n) is 8.27. The average Bonchev–Trinajstić information content (AvgIpc) is 3.45. The van der Waals surface area contributed by atoms with Crippen LogP contribution in [0, 0.1) is 0 Å². The quantitative estimate of drug-likeness (QED) is 0.347. The minimum absolute atomic E-state index is 0.0117. The number of hydrogen-bond donors (Lipinski definition) is 1. The molecule has 2 aliphatic rings. The van der Waals surface area contributed by atoms with Crippen molar-refractivity contribution < 1.29 is 27.9 Å². The lowest BCUT2D eigenvalue weighted by atomic mass is 10.00. The maximum atomic E-state index is 13.1. The number of benzene rings is 1. The van der Waals surface area contributed by atoms with Gasteiger partial charge in [-0.05, 0) is 35.7 Å². The van der Waals surface area contributed by atoms with Crippen molar-refractivity contribution in [2.75, 3.05) is 53.5 Å². The number of morpholine rings is 1. The average molecular weight is 506 g/mol. The first-order chi connectivity index (χ1) is 16.2. The van der Waals surface area contributed by atoms with Crippen molar-refractivity contribution in [2.24, 2.45) is 0 Å². The van der Waals surface area contributed by atoms with E-state index in [1.54, 1.807) is 0 Å². The van der Waals surface area contributed by atoms with E-state index in [4.69, 9.17) is 4.74 Å². The molecule has 1 atom stereocenters. The van der Waals surface area contributed by atoms with E-state index in [9.17, 15) is 23.1 Å². The van der Waals surface area contributed by atoms with Crippen molar-refractivity contribution in [3.63, 3.8) is 0 Å². The number of carbonyl (C=O) groups excluding carboxylic acids is 2. The lowest BCUT2D eigenvalue weighted by Gasteiger charge is -2.30. The van der Waals surface area contributed by atoms with Gasteiger partial charge in [-0.1, -0.05) is 6.07 Å². The van der Waals surface area contributed by atoms with Crippen LogP contribution < -0.4 is 0 Å². The Hall–Kier alpha value is -2.57. The molecule has 4 rings (SSSR count). The van der Waals surface area contributed by atoms with Crippen molar-refractivity contribution in [2.45, 2.75) is 10.9 Å². The van der Waals surface area contributed by atoms with E-state index in [2.05, 4.69) is 4.90 Å². The second-order valence-corrected chi connectivity index (χ2v) is 11.4. The third-order valence-corrected chi connectivity index (χ3v) is 8.77. The van der Waals surface area contributed by atoms with Crippen LogP contribution in [-0.4, -0.2) is 92.8 Å². The first kappa shape index (κ1) is 24.6. The van der Waals surface area contributed by atoms with Gasteiger partial charge in [-0.2, -0.15) is 0 Å². The smallest absolute Gasteiger partial charge is 0.295 e. The van der Waals surface area contributed by atoms with Gasteiger partial charge >= 0.3 is 0 Å². The van der Waals surface area contributed by atoms with Crippen LogP contribution in [0.1, 0.15) is 16.5 Å². The van der Waals surface area contributed by atoms with Gasteiger partial charge in [-0.25, -0.2) is 12.7 Å². The molecule has 0 bridgehead atoms. The lowest BCUT2D eigenvalue weighted by molar-refractivity contribution is -0.140. The second kappa shape index (κ2) is 9.96. The van der Waals surface area contributed by atoms with Crippen LogP contribution in [0.2, 0.25) is 0 Å². The third-order valence-electron chi connectivity index (χ3n) is 6.02. The zero-order chi connectivity index (χ0) is 24.5. The number of ether oxygens (including phenoxy) is 1. The molecule has 1 aromatic heterocycles. The summed E-state index contributed by atoms with van der Waals surface area (Å²) < 4.78 is 31.2. The molecule has 1 N–H and O–H groups in total. The Kier molecular flexibility index (Phi) is 7.20. The first-order valence-electron chi connectivity index (χ1n) is 10.9. The molecule has 1 aromatic carbocycles. The van der Waals surface area contributed by atoms with Gasteiger partial charge in [0.1, 0.15) is 5.76 Å². The SMILES string of the molecule is CN(C)S(=O)(=O)c1ccc(C(O)=C2C(=O)C(=O)N(CCN3CCOCC3)C2c2cccs2)cc1. The number of aliphatic hydroxyl groups is 1. The Balaban J connectivity index is 1.68. The van der Waals surface area contributed by atoms with Gasteiger partial charge in [0.2, 0.25) is 10.0 Å². The van der Waals surface area contributed by atoms with E-state index in [1.807, 2.05) is 17.5 Å².